The zero-order valence-corrected chi connectivity index (χ0v) is 11.8. The summed E-state index contributed by atoms with van der Waals surface area (Å²) in [5, 5.41) is 0. The molecule has 1 fully saturated rings. The highest BCUT2D eigenvalue weighted by Gasteiger charge is 2.20. The predicted molar refractivity (Wildman–Crippen MR) is 79.2 cm³/mol. The van der Waals surface area contributed by atoms with Gasteiger partial charge in [-0.25, -0.2) is 0 Å². The van der Waals surface area contributed by atoms with E-state index in [0.717, 1.165) is 13.1 Å². The average molecular weight is 263 g/mol. The molecule has 1 aliphatic rings. The Kier molecular flexibility index (Phi) is 5.02. The number of piperidine rings is 1. The van der Waals surface area contributed by atoms with Gasteiger partial charge in [0.15, 0.2) is 0 Å². The molecule has 1 atom stereocenters. The van der Waals surface area contributed by atoms with Crippen molar-refractivity contribution < 1.29 is 0 Å². The van der Waals surface area contributed by atoms with Gasteiger partial charge in [-0.05, 0) is 31.9 Å². The fourth-order valence-electron chi connectivity index (χ4n) is 2.98. The van der Waals surface area contributed by atoms with Crippen molar-refractivity contribution >= 4 is 5.69 Å². The van der Waals surface area contributed by atoms with Gasteiger partial charge in [-0.1, -0.05) is 19.8 Å². The van der Waals surface area contributed by atoms with E-state index in [1.807, 2.05) is 0 Å². The van der Waals surface area contributed by atoms with Crippen LogP contribution in [-0.4, -0.2) is 28.6 Å². The van der Waals surface area contributed by atoms with Crippen LogP contribution in [0.4, 0.5) is 5.69 Å². The Morgan fingerprint density at radius 2 is 2.16 bits per heavy atom. The molecule has 0 bridgehead atoms. The van der Waals surface area contributed by atoms with Gasteiger partial charge < -0.3 is 10.3 Å². The number of pyridine rings is 1. The first-order valence-electron chi connectivity index (χ1n) is 7.40. The third-order valence-corrected chi connectivity index (χ3v) is 4.01. The van der Waals surface area contributed by atoms with Crippen LogP contribution in [0.25, 0.3) is 0 Å². The van der Waals surface area contributed by atoms with Crippen molar-refractivity contribution in [3.8, 4) is 0 Å². The summed E-state index contributed by atoms with van der Waals surface area (Å²) in [4.78, 5) is 14.3. The van der Waals surface area contributed by atoms with E-state index in [2.05, 4.69) is 11.8 Å². The van der Waals surface area contributed by atoms with Crippen LogP contribution in [0.5, 0.6) is 0 Å². The van der Waals surface area contributed by atoms with Crippen molar-refractivity contribution in [1.29, 1.82) is 0 Å². The maximum atomic E-state index is 11.7. The molecule has 2 rings (SSSR count). The minimum absolute atomic E-state index is 0.0400. The molecule has 106 valence electrons. The Labute approximate surface area is 115 Å². The lowest BCUT2D eigenvalue weighted by molar-refractivity contribution is 0.134. The maximum absolute atomic E-state index is 11.7. The lowest BCUT2D eigenvalue weighted by atomic mass is 9.98. The summed E-state index contributed by atoms with van der Waals surface area (Å²) in [6.45, 7) is 5.11. The highest BCUT2D eigenvalue weighted by molar-refractivity contribution is 5.33. The molecule has 1 unspecified atom stereocenters. The molecule has 0 radical (unpaired) electrons. The Balaban J connectivity index is 1.96. The summed E-state index contributed by atoms with van der Waals surface area (Å²) in [6, 6.07) is 3.92. The standard InChI is InChI=1S/C15H25N3O/c1-2-5-14-6-3-4-9-17(14)10-11-18-12-13(16)7-8-15(18)19/h7-8,12,14H,2-6,9-11,16H2,1H3. The van der Waals surface area contributed by atoms with Gasteiger partial charge in [-0.15, -0.1) is 0 Å². The molecule has 19 heavy (non-hydrogen) atoms. The summed E-state index contributed by atoms with van der Waals surface area (Å²) >= 11 is 0. The second-order valence-electron chi connectivity index (χ2n) is 5.47. The number of likely N-dealkylation sites (tertiary alicyclic amines) is 1. The van der Waals surface area contributed by atoms with Crippen LogP contribution in [0.2, 0.25) is 0 Å². The minimum atomic E-state index is 0.0400. The van der Waals surface area contributed by atoms with Gasteiger partial charge in [-0.3, -0.25) is 9.69 Å². The second-order valence-corrected chi connectivity index (χ2v) is 5.47. The molecule has 1 aromatic heterocycles. The average Bonchev–Trinajstić information content (AvgIpc) is 2.42. The van der Waals surface area contributed by atoms with Gasteiger partial charge in [-0.2, -0.15) is 0 Å². The van der Waals surface area contributed by atoms with Crippen molar-refractivity contribution in [1.82, 2.24) is 9.47 Å². The third kappa shape index (κ3) is 3.83. The molecule has 4 heteroatoms. The zero-order valence-electron chi connectivity index (χ0n) is 11.8. The molecule has 0 amide bonds. The molecule has 1 aliphatic heterocycles. The van der Waals surface area contributed by atoms with Crippen molar-refractivity contribution in [3.63, 3.8) is 0 Å². The zero-order chi connectivity index (χ0) is 13.7. The van der Waals surface area contributed by atoms with Gasteiger partial charge in [0, 0.05) is 37.1 Å². The van der Waals surface area contributed by atoms with Crippen molar-refractivity contribution in [2.24, 2.45) is 0 Å². The van der Waals surface area contributed by atoms with E-state index in [1.54, 1.807) is 22.9 Å². The molecule has 0 aliphatic carbocycles. The smallest absolute Gasteiger partial charge is 0.250 e. The molecule has 2 N–H and O–H groups in total. The molecular weight excluding hydrogens is 238 g/mol. The fraction of sp³-hybridized carbons (Fsp3) is 0.667. The van der Waals surface area contributed by atoms with Crippen LogP contribution >= 0.6 is 0 Å². The summed E-state index contributed by atoms with van der Waals surface area (Å²) < 4.78 is 1.73. The summed E-state index contributed by atoms with van der Waals surface area (Å²) in [6.07, 6.45) is 8.19. The van der Waals surface area contributed by atoms with Gasteiger partial charge in [0.2, 0.25) is 0 Å². The minimum Gasteiger partial charge on any atom is -0.398 e. The Bertz CT molecular complexity index is 453. The molecule has 0 aromatic carbocycles. The number of rotatable bonds is 5. The van der Waals surface area contributed by atoms with Crippen LogP contribution < -0.4 is 11.3 Å². The number of nitrogen functional groups attached to an aromatic ring is 1. The maximum Gasteiger partial charge on any atom is 0.250 e. The highest BCUT2D eigenvalue weighted by atomic mass is 16.1. The number of aromatic nitrogens is 1. The van der Waals surface area contributed by atoms with Crippen LogP contribution in [-0.2, 0) is 6.54 Å². The highest BCUT2D eigenvalue weighted by Crippen LogP contribution is 2.20. The number of anilines is 1. The summed E-state index contributed by atoms with van der Waals surface area (Å²) in [5.74, 6) is 0. The fourth-order valence-corrected chi connectivity index (χ4v) is 2.98. The van der Waals surface area contributed by atoms with E-state index < -0.39 is 0 Å². The normalized spacial score (nSPS) is 20.6. The lowest BCUT2D eigenvalue weighted by Crippen LogP contribution is -2.42. The van der Waals surface area contributed by atoms with E-state index in [4.69, 9.17) is 5.73 Å². The Hall–Kier alpha value is -1.29. The second kappa shape index (κ2) is 6.75. The molecule has 1 saturated heterocycles. The third-order valence-electron chi connectivity index (χ3n) is 4.01. The first kappa shape index (κ1) is 14.1. The number of hydrogen-bond acceptors (Lipinski definition) is 3. The van der Waals surface area contributed by atoms with Gasteiger partial charge >= 0.3 is 0 Å². The molecular formula is C15H25N3O. The Morgan fingerprint density at radius 3 is 2.95 bits per heavy atom. The van der Waals surface area contributed by atoms with Crippen LogP contribution in [0.1, 0.15) is 39.0 Å². The van der Waals surface area contributed by atoms with Crippen molar-refractivity contribution in [2.75, 3.05) is 18.8 Å². The van der Waals surface area contributed by atoms with Crippen LogP contribution in [0, 0.1) is 0 Å². The van der Waals surface area contributed by atoms with Crippen molar-refractivity contribution in [3.05, 3.63) is 28.7 Å². The van der Waals surface area contributed by atoms with Gasteiger partial charge in [0.25, 0.3) is 5.56 Å². The van der Waals surface area contributed by atoms with E-state index in [-0.39, 0.29) is 5.56 Å². The van der Waals surface area contributed by atoms with E-state index in [1.165, 1.54) is 38.6 Å². The van der Waals surface area contributed by atoms with E-state index in [0.29, 0.717) is 11.7 Å². The largest absolute Gasteiger partial charge is 0.398 e. The van der Waals surface area contributed by atoms with E-state index in [9.17, 15) is 4.79 Å². The lowest BCUT2D eigenvalue weighted by Gasteiger charge is -2.35. The summed E-state index contributed by atoms with van der Waals surface area (Å²) in [5.41, 5.74) is 6.43. The SMILES string of the molecule is CCCC1CCCCN1CCn1cc(N)ccc1=O. The van der Waals surface area contributed by atoms with Gasteiger partial charge in [0.05, 0.1) is 0 Å². The topological polar surface area (TPSA) is 51.3 Å². The number of hydrogen-bond donors (Lipinski definition) is 1. The predicted octanol–water partition coefficient (Wildman–Crippen LogP) is 2.09. The summed E-state index contributed by atoms with van der Waals surface area (Å²) in [7, 11) is 0. The molecule has 4 nitrogen and oxygen atoms in total. The molecule has 1 aromatic rings. The first-order chi connectivity index (χ1) is 9.20. The molecule has 2 heterocycles. The first-order valence-corrected chi connectivity index (χ1v) is 7.40. The van der Waals surface area contributed by atoms with E-state index >= 15 is 0 Å². The molecule has 0 saturated carbocycles. The number of nitrogens with zero attached hydrogens (tertiary/aromatic N) is 2. The number of nitrogens with two attached hydrogens (primary N) is 1. The van der Waals surface area contributed by atoms with Crippen LogP contribution in [0.15, 0.2) is 23.1 Å². The Morgan fingerprint density at radius 1 is 1.32 bits per heavy atom. The van der Waals surface area contributed by atoms with Crippen molar-refractivity contribution in [2.45, 2.75) is 51.6 Å². The quantitative estimate of drug-likeness (QED) is 0.885. The monoisotopic (exact) mass is 263 g/mol. The van der Waals surface area contributed by atoms with Crippen LogP contribution in [0.3, 0.4) is 0 Å². The van der Waals surface area contributed by atoms with Gasteiger partial charge in [0.1, 0.15) is 0 Å². The molecule has 0 spiro atoms.